The van der Waals surface area contributed by atoms with Crippen molar-refractivity contribution in [2.24, 2.45) is 0 Å². The first-order valence-corrected chi connectivity index (χ1v) is 10.4. The predicted octanol–water partition coefficient (Wildman–Crippen LogP) is 5.38. The van der Waals surface area contributed by atoms with E-state index in [-0.39, 0.29) is 11.9 Å². The van der Waals surface area contributed by atoms with Crippen LogP contribution in [-0.2, 0) is 4.74 Å². The molecule has 0 aromatic heterocycles. The van der Waals surface area contributed by atoms with E-state index in [0.29, 0.717) is 31.1 Å². The molecule has 0 saturated heterocycles. The molecular formula is C24H24BrNO3. The molecule has 150 valence electrons. The number of halogens is 1. The van der Waals surface area contributed by atoms with Crippen molar-refractivity contribution < 1.29 is 14.3 Å². The highest BCUT2D eigenvalue weighted by Gasteiger charge is 2.18. The molecule has 0 aliphatic carbocycles. The largest absolute Gasteiger partial charge is 0.491 e. The average molecular weight is 454 g/mol. The van der Waals surface area contributed by atoms with Crippen LogP contribution in [0.1, 0.15) is 34.5 Å². The molecule has 5 heteroatoms. The maximum Gasteiger partial charge on any atom is 0.252 e. The van der Waals surface area contributed by atoms with Crippen molar-refractivity contribution in [3.63, 3.8) is 0 Å². The summed E-state index contributed by atoms with van der Waals surface area (Å²) in [5.41, 5.74) is 2.58. The third-order valence-electron chi connectivity index (χ3n) is 4.41. The van der Waals surface area contributed by atoms with Gasteiger partial charge in [-0.3, -0.25) is 4.79 Å². The summed E-state index contributed by atoms with van der Waals surface area (Å²) < 4.78 is 12.0. The summed E-state index contributed by atoms with van der Waals surface area (Å²) in [5, 5.41) is 3.15. The zero-order valence-electron chi connectivity index (χ0n) is 16.3. The van der Waals surface area contributed by atoms with Crippen molar-refractivity contribution in [3.8, 4) is 5.75 Å². The van der Waals surface area contributed by atoms with Crippen LogP contribution in [0.25, 0.3) is 0 Å². The maximum atomic E-state index is 13.0. The fourth-order valence-corrected chi connectivity index (χ4v) is 3.23. The number of rotatable bonds is 9. The van der Waals surface area contributed by atoms with Crippen LogP contribution in [0.2, 0.25) is 0 Å². The van der Waals surface area contributed by atoms with Crippen molar-refractivity contribution in [3.05, 3.63) is 100 Å². The lowest BCUT2D eigenvalue weighted by atomic mass is 9.98. The van der Waals surface area contributed by atoms with Gasteiger partial charge in [0.15, 0.2) is 0 Å². The summed E-state index contributed by atoms with van der Waals surface area (Å²) in [6.07, 6.45) is 0. The monoisotopic (exact) mass is 453 g/mol. The van der Waals surface area contributed by atoms with E-state index in [1.54, 1.807) is 12.1 Å². The van der Waals surface area contributed by atoms with Crippen molar-refractivity contribution in [2.75, 3.05) is 19.8 Å². The molecule has 0 fully saturated rings. The van der Waals surface area contributed by atoms with Crippen LogP contribution in [-0.4, -0.2) is 25.7 Å². The first-order chi connectivity index (χ1) is 14.2. The second kappa shape index (κ2) is 10.8. The van der Waals surface area contributed by atoms with Gasteiger partial charge in [-0.15, -0.1) is 0 Å². The zero-order chi connectivity index (χ0) is 20.5. The van der Waals surface area contributed by atoms with Crippen molar-refractivity contribution >= 4 is 21.8 Å². The quantitative estimate of drug-likeness (QED) is 0.442. The number of hydrogen-bond donors (Lipinski definition) is 1. The third kappa shape index (κ3) is 6.17. The Morgan fingerprint density at radius 3 is 2.38 bits per heavy atom. The molecule has 3 aromatic rings. The lowest BCUT2D eigenvalue weighted by molar-refractivity contribution is 0.0941. The Kier molecular flexibility index (Phi) is 7.85. The normalized spacial score (nSPS) is 11.7. The van der Waals surface area contributed by atoms with Crippen LogP contribution >= 0.6 is 15.9 Å². The summed E-state index contributed by atoms with van der Waals surface area (Å²) in [7, 11) is 0. The number of amides is 1. The molecule has 3 aromatic carbocycles. The van der Waals surface area contributed by atoms with Crippen molar-refractivity contribution in [1.29, 1.82) is 0 Å². The summed E-state index contributed by atoms with van der Waals surface area (Å²) in [4.78, 5) is 13.0. The van der Waals surface area contributed by atoms with E-state index in [1.165, 1.54) is 0 Å². The molecule has 0 aliphatic rings. The molecule has 1 N–H and O–H groups in total. The second-order valence-corrected chi connectivity index (χ2v) is 7.36. The topological polar surface area (TPSA) is 47.6 Å². The van der Waals surface area contributed by atoms with Crippen LogP contribution in [0.3, 0.4) is 0 Å². The van der Waals surface area contributed by atoms with E-state index in [9.17, 15) is 4.79 Å². The number of nitrogens with one attached hydrogen (secondary N) is 1. The average Bonchev–Trinajstić information content (AvgIpc) is 2.76. The van der Waals surface area contributed by atoms with E-state index in [2.05, 4.69) is 21.2 Å². The Morgan fingerprint density at radius 2 is 1.66 bits per heavy atom. The van der Waals surface area contributed by atoms with Gasteiger partial charge in [0, 0.05) is 16.6 Å². The number of ether oxygens (including phenoxy) is 2. The minimum atomic E-state index is -0.251. The van der Waals surface area contributed by atoms with Gasteiger partial charge in [-0.05, 0) is 48.4 Å². The molecule has 0 aliphatic heterocycles. The van der Waals surface area contributed by atoms with Gasteiger partial charge in [0.05, 0.1) is 12.6 Å². The van der Waals surface area contributed by atoms with Gasteiger partial charge in [0.1, 0.15) is 12.4 Å². The lowest BCUT2D eigenvalue weighted by Gasteiger charge is -2.20. The minimum Gasteiger partial charge on any atom is -0.491 e. The molecule has 0 heterocycles. The number of hydrogen-bond acceptors (Lipinski definition) is 3. The van der Waals surface area contributed by atoms with E-state index >= 15 is 0 Å². The third-order valence-corrected chi connectivity index (χ3v) is 4.94. The van der Waals surface area contributed by atoms with Gasteiger partial charge < -0.3 is 14.8 Å². The van der Waals surface area contributed by atoms with Crippen LogP contribution < -0.4 is 10.1 Å². The molecule has 0 saturated carbocycles. The van der Waals surface area contributed by atoms with Gasteiger partial charge in [-0.25, -0.2) is 0 Å². The van der Waals surface area contributed by atoms with Crippen LogP contribution in [0, 0.1) is 0 Å². The molecule has 0 bridgehead atoms. The van der Waals surface area contributed by atoms with Crippen molar-refractivity contribution in [2.45, 2.75) is 13.0 Å². The summed E-state index contributed by atoms with van der Waals surface area (Å²) >= 11 is 3.47. The van der Waals surface area contributed by atoms with E-state index in [0.717, 1.165) is 15.6 Å². The van der Waals surface area contributed by atoms with Gasteiger partial charge >= 0.3 is 0 Å². The Bertz CT molecular complexity index is 913. The highest BCUT2D eigenvalue weighted by Crippen LogP contribution is 2.24. The highest BCUT2D eigenvalue weighted by atomic mass is 79.9. The fraction of sp³-hybridized carbons (Fsp3) is 0.208. The summed E-state index contributed by atoms with van der Waals surface area (Å²) in [6.45, 7) is 3.57. The molecule has 0 spiro atoms. The van der Waals surface area contributed by atoms with Gasteiger partial charge in [0.25, 0.3) is 5.91 Å². The van der Waals surface area contributed by atoms with Crippen LogP contribution in [0.5, 0.6) is 5.75 Å². The molecule has 1 unspecified atom stereocenters. The molecule has 1 amide bonds. The summed E-state index contributed by atoms with van der Waals surface area (Å²) in [6, 6.07) is 24.9. The SMILES string of the molecule is CCOCCOc1cccc(C(=O)NC(c2ccccc2)c2ccc(Br)cc2)c1. The lowest BCUT2D eigenvalue weighted by Crippen LogP contribution is -2.29. The number of carbonyl (C=O) groups excluding carboxylic acids is 1. The molecular weight excluding hydrogens is 430 g/mol. The predicted molar refractivity (Wildman–Crippen MR) is 118 cm³/mol. The fourth-order valence-electron chi connectivity index (χ4n) is 2.96. The maximum absolute atomic E-state index is 13.0. The van der Waals surface area contributed by atoms with Crippen molar-refractivity contribution in [1.82, 2.24) is 5.32 Å². The van der Waals surface area contributed by atoms with Crippen LogP contribution in [0.15, 0.2) is 83.3 Å². The molecule has 0 radical (unpaired) electrons. The second-order valence-electron chi connectivity index (χ2n) is 6.44. The van der Waals surface area contributed by atoms with E-state index in [1.807, 2.05) is 73.7 Å². The molecule has 1 atom stereocenters. The Labute approximate surface area is 180 Å². The molecule has 3 rings (SSSR count). The Hall–Kier alpha value is -2.63. The van der Waals surface area contributed by atoms with Crippen LogP contribution in [0.4, 0.5) is 0 Å². The Morgan fingerprint density at radius 1 is 0.931 bits per heavy atom. The standard InChI is InChI=1S/C24H24BrNO3/c1-2-28-15-16-29-22-10-6-9-20(17-22)24(27)26-23(18-7-4-3-5-8-18)19-11-13-21(25)14-12-19/h3-14,17,23H,2,15-16H2,1H3,(H,26,27). The first kappa shape index (κ1) is 21.1. The number of benzene rings is 3. The summed E-state index contributed by atoms with van der Waals surface area (Å²) in [5.74, 6) is 0.495. The Balaban J connectivity index is 1.77. The molecule has 29 heavy (non-hydrogen) atoms. The van der Waals surface area contributed by atoms with E-state index < -0.39 is 0 Å². The smallest absolute Gasteiger partial charge is 0.252 e. The first-order valence-electron chi connectivity index (χ1n) is 9.59. The minimum absolute atomic E-state index is 0.156. The number of carbonyl (C=O) groups is 1. The molecule has 4 nitrogen and oxygen atoms in total. The van der Waals surface area contributed by atoms with Gasteiger partial charge in [-0.1, -0.05) is 64.5 Å². The van der Waals surface area contributed by atoms with Gasteiger partial charge in [0.2, 0.25) is 0 Å². The van der Waals surface area contributed by atoms with E-state index in [4.69, 9.17) is 9.47 Å². The zero-order valence-corrected chi connectivity index (χ0v) is 17.9. The van der Waals surface area contributed by atoms with Gasteiger partial charge in [-0.2, -0.15) is 0 Å². The highest BCUT2D eigenvalue weighted by molar-refractivity contribution is 9.10.